The van der Waals surface area contributed by atoms with Crippen molar-refractivity contribution in [3.05, 3.63) is 24.5 Å². The van der Waals surface area contributed by atoms with Crippen LogP contribution in [-0.4, -0.2) is 32.3 Å². The highest BCUT2D eigenvalue weighted by Gasteiger charge is 2.18. The largest absolute Gasteiger partial charge is 0.337 e. The zero-order valence-electron chi connectivity index (χ0n) is 10.9. The zero-order chi connectivity index (χ0) is 13.6. The summed E-state index contributed by atoms with van der Waals surface area (Å²) in [7, 11) is -0.953. The Labute approximate surface area is 110 Å². The van der Waals surface area contributed by atoms with E-state index in [1.165, 1.54) is 0 Å². The summed E-state index contributed by atoms with van der Waals surface area (Å²) in [5.74, 6) is 0.452. The van der Waals surface area contributed by atoms with E-state index in [1.54, 1.807) is 24.5 Å². The average molecular weight is 269 g/mol. The normalized spacial score (nSPS) is 12.8. The Kier molecular flexibility index (Phi) is 5.27. The smallest absolute Gasteiger partial charge is 0.319 e. The molecule has 1 rings (SSSR count). The van der Waals surface area contributed by atoms with Crippen LogP contribution in [0.5, 0.6) is 0 Å². The molecule has 2 amide bonds. The van der Waals surface area contributed by atoms with Gasteiger partial charge >= 0.3 is 6.03 Å². The highest BCUT2D eigenvalue weighted by Crippen LogP contribution is 2.10. The van der Waals surface area contributed by atoms with Gasteiger partial charge in [-0.15, -0.1) is 0 Å². The maximum Gasteiger partial charge on any atom is 0.319 e. The second kappa shape index (κ2) is 6.49. The van der Waals surface area contributed by atoms with Gasteiger partial charge in [0.1, 0.15) is 0 Å². The molecule has 5 nitrogen and oxygen atoms in total. The lowest BCUT2D eigenvalue weighted by molar-refractivity contribution is 0.252. The van der Waals surface area contributed by atoms with E-state index in [0.717, 1.165) is 0 Å². The lowest BCUT2D eigenvalue weighted by atomic mass is 10.3. The van der Waals surface area contributed by atoms with Crippen LogP contribution < -0.4 is 10.6 Å². The van der Waals surface area contributed by atoms with Gasteiger partial charge in [0.05, 0.1) is 0 Å². The van der Waals surface area contributed by atoms with Crippen LogP contribution >= 0.6 is 0 Å². The average Bonchev–Trinajstić information content (AvgIpc) is 2.28. The van der Waals surface area contributed by atoms with E-state index in [9.17, 15) is 9.00 Å². The van der Waals surface area contributed by atoms with Gasteiger partial charge in [-0.3, -0.25) is 9.19 Å². The molecule has 1 heterocycles. The maximum atomic E-state index is 11.7. The van der Waals surface area contributed by atoms with Crippen molar-refractivity contribution in [2.75, 3.05) is 17.6 Å². The first-order valence-corrected chi connectivity index (χ1v) is 7.05. The molecule has 0 radical (unpaired) electrons. The third-order valence-electron chi connectivity index (χ3n) is 2.19. The van der Waals surface area contributed by atoms with Gasteiger partial charge in [-0.25, -0.2) is 4.79 Å². The summed E-state index contributed by atoms with van der Waals surface area (Å²) in [6.07, 6.45) is 3.20. The second-order valence-corrected chi connectivity index (χ2v) is 7.10. The number of rotatable bonds is 4. The molecule has 0 aromatic carbocycles. The van der Waals surface area contributed by atoms with Gasteiger partial charge in [-0.1, -0.05) is 0 Å². The van der Waals surface area contributed by atoms with E-state index in [-0.39, 0.29) is 10.8 Å². The van der Waals surface area contributed by atoms with Crippen LogP contribution in [0.2, 0.25) is 0 Å². The molecule has 2 N–H and O–H groups in total. The number of hydrogen-bond acceptors (Lipinski definition) is 3. The Hall–Kier alpha value is -1.43. The molecular weight excluding hydrogens is 250 g/mol. The molecule has 0 bridgehead atoms. The molecular formula is C12H19N3O2S. The predicted octanol–water partition coefficient (Wildman–Crippen LogP) is 1.75. The fourth-order valence-corrected chi connectivity index (χ4v) is 2.07. The molecule has 1 atom stereocenters. The molecule has 0 aliphatic heterocycles. The van der Waals surface area contributed by atoms with Crippen LogP contribution in [0.3, 0.4) is 0 Å². The summed E-state index contributed by atoms with van der Waals surface area (Å²) in [6, 6.07) is 3.10. The molecule has 1 aromatic rings. The fraction of sp³-hybridized carbons (Fsp3) is 0.500. The number of nitrogens with zero attached hydrogens (tertiary/aromatic N) is 1. The highest BCUT2D eigenvalue weighted by molar-refractivity contribution is 7.86. The van der Waals surface area contributed by atoms with Crippen molar-refractivity contribution in [1.29, 1.82) is 0 Å². The van der Waals surface area contributed by atoms with Gasteiger partial charge in [-0.05, 0) is 32.9 Å². The van der Waals surface area contributed by atoms with Crippen molar-refractivity contribution >= 4 is 22.5 Å². The molecule has 0 aliphatic rings. The minimum Gasteiger partial charge on any atom is -0.337 e. The minimum absolute atomic E-state index is 0.247. The first-order valence-electron chi connectivity index (χ1n) is 5.73. The highest BCUT2D eigenvalue weighted by atomic mass is 32.2. The number of urea groups is 1. The van der Waals surface area contributed by atoms with Crippen molar-refractivity contribution in [2.24, 2.45) is 0 Å². The molecule has 1 unspecified atom stereocenters. The summed E-state index contributed by atoms with van der Waals surface area (Å²) in [6.45, 7) is 6.14. The summed E-state index contributed by atoms with van der Waals surface area (Å²) in [5.41, 5.74) is 0.680. The monoisotopic (exact) mass is 269 g/mol. The van der Waals surface area contributed by atoms with Crippen molar-refractivity contribution in [2.45, 2.75) is 25.5 Å². The van der Waals surface area contributed by atoms with Crippen molar-refractivity contribution < 1.29 is 9.00 Å². The molecule has 18 heavy (non-hydrogen) atoms. The Morgan fingerprint density at radius 1 is 1.33 bits per heavy atom. The maximum absolute atomic E-state index is 11.7. The van der Waals surface area contributed by atoms with E-state index in [0.29, 0.717) is 18.0 Å². The topological polar surface area (TPSA) is 71.1 Å². The van der Waals surface area contributed by atoms with Crippen molar-refractivity contribution in [3.63, 3.8) is 0 Å². The van der Waals surface area contributed by atoms with Crippen LogP contribution in [-0.2, 0) is 10.8 Å². The van der Waals surface area contributed by atoms with Crippen LogP contribution in [0.15, 0.2) is 24.5 Å². The predicted molar refractivity (Wildman–Crippen MR) is 74.0 cm³/mol. The van der Waals surface area contributed by atoms with Crippen molar-refractivity contribution in [3.8, 4) is 0 Å². The molecule has 0 saturated carbocycles. The number of anilines is 1. The summed E-state index contributed by atoms with van der Waals surface area (Å²) in [4.78, 5) is 15.4. The Balaban J connectivity index is 2.28. The van der Waals surface area contributed by atoms with E-state index < -0.39 is 10.8 Å². The van der Waals surface area contributed by atoms with E-state index in [4.69, 9.17) is 0 Å². The molecule has 6 heteroatoms. The van der Waals surface area contributed by atoms with Gasteiger partial charge in [-0.2, -0.15) is 0 Å². The third-order valence-corrected chi connectivity index (χ3v) is 4.14. The lowest BCUT2D eigenvalue weighted by Gasteiger charge is -2.17. The fourth-order valence-electron chi connectivity index (χ4n) is 1.17. The van der Waals surface area contributed by atoms with Gasteiger partial charge < -0.3 is 10.6 Å². The standard InChI is InChI=1S/C12H19N3O2S/c1-12(2,3)18(17)9-8-14-11(16)15-10-4-6-13-7-5-10/h4-7H,8-9H2,1-3H3,(H2,13,14,15,16). The van der Waals surface area contributed by atoms with Crippen molar-refractivity contribution in [1.82, 2.24) is 10.3 Å². The van der Waals surface area contributed by atoms with Gasteiger partial charge in [0.2, 0.25) is 0 Å². The number of aromatic nitrogens is 1. The number of nitrogens with one attached hydrogen (secondary N) is 2. The molecule has 1 aromatic heterocycles. The molecule has 0 spiro atoms. The minimum atomic E-state index is -0.953. The molecule has 0 aliphatic carbocycles. The summed E-state index contributed by atoms with van der Waals surface area (Å²) in [5, 5.41) is 5.34. The van der Waals surface area contributed by atoms with E-state index in [2.05, 4.69) is 15.6 Å². The molecule has 0 fully saturated rings. The first-order chi connectivity index (χ1) is 8.39. The molecule has 0 saturated heterocycles. The first kappa shape index (κ1) is 14.6. The number of pyridine rings is 1. The van der Waals surface area contributed by atoms with Crippen LogP contribution in [0.25, 0.3) is 0 Å². The Morgan fingerprint density at radius 3 is 2.50 bits per heavy atom. The second-order valence-electron chi connectivity index (χ2n) is 4.78. The van der Waals surface area contributed by atoms with Crippen LogP contribution in [0.4, 0.5) is 10.5 Å². The number of hydrogen-bond donors (Lipinski definition) is 2. The van der Waals surface area contributed by atoms with E-state index in [1.807, 2.05) is 20.8 Å². The number of amides is 2. The Morgan fingerprint density at radius 2 is 1.94 bits per heavy atom. The van der Waals surface area contributed by atoms with Gasteiger partial charge in [0, 0.05) is 45.9 Å². The zero-order valence-corrected chi connectivity index (χ0v) is 11.7. The van der Waals surface area contributed by atoms with Gasteiger partial charge in [0.15, 0.2) is 0 Å². The van der Waals surface area contributed by atoms with Gasteiger partial charge in [0.25, 0.3) is 0 Å². The SMILES string of the molecule is CC(C)(C)S(=O)CCNC(=O)Nc1ccncc1. The summed E-state index contributed by atoms with van der Waals surface area (Å²) >= 11 is 0. The summed E-state index contributed by atoms with van der Waals surface area (Å²) < 4.78 is 11.5. The van der Waals surface area contributed by atoms with Crippen LogP contribution in [0, 0.1) is 0 Å². The molecule has 100 valence electrons. The third kappa shape index (κ3) is 5.27. The number of carbonyl (C=O) groups excluding carboxylic acids is 1. The van der Waals surface area contributed by atoms with E-state index >= 15 is 0 Å². The van der Waals surface area contributed by atoms with Crippen LogP contribution in [0.1, 0.15) is 20.8 Å². The lowest BCUT2D eigenvalue weighted by Crippen LogP contribution is -2.35. The quantitative estimate of drug-likeness (QED) is 0.874. The Bertz CT molecular complexity index is 415. The number of carbonyl (C=O) groups is 1.